The number of unbranched alkanes of at least 4 members (excludes halogenated alkanes) is 8. The molecule has 3 N–H and O–H groups in total. The summed E-state index contributed by atoms with van der Waals surface area (Å²) in [6.07, 6.45) is 31.3. The first-order valence-corrected chi connectivity index (χ1v) is 17.6. The van der Waals surface area contributed by atoms with Gasteiger partial charge in [-0.2, -0.15) is 0 Å². The fourth-order valence-electron chi connectivity index (χ4n) is 3.77. The minimum atomic E-state index is -4.40. The predicted molar refractivity (Wildman–Crippen MR) is 173 cm³/mol. The molecule has 2 atom stereocenters. The van der Waals surface area contributed by atoms with Crippen molar-refractivity contribution < 1.29 is 37.9 Å². The maximum atomic E-state index is 11.9. The lowest BCUT2D eigenvalue weighted by Crippen LogP contribution is -2.27. The van der Waals surface area contributed by atoms with Crippen LogP contribution in [0, 0.1) is 0 Å². The van der Waals surface area contributed by atoms with Crippen molar-refractivity contribution in [3.05, 3.63) is 48.6 Å². The summed E-state index contributed by atoms with van der Waals surface area (Å²) in [5, 5.41) is 12.4. The molecule has 10 heteroatoms. The van der Waals surface area contributed by atoms with Crippen LogP contribution in [0.1, 0.15) is 117 Å². The number of ether oxygens (including phenoxy) is 1. The smallest absolute Gasteiger partial charge is 0.463 e. The number of aliphatic hydroxyl groups excluding tert-OH is 1. The van der Waals surface area contributed by atoms with Crippen LogP contribution >= 0.6 is 7.82 Å². The number of aliphatic hydroxyl groups is 1. The van der Waals surface area contributed by atoms with Gasteiger partial charge in [-0.05, 0) is 57.8 Å². The zero-order valence-electron chi connectivity index (χ0n) is 26.6. The molecule has 0 radical (unpaired) electrons. The largest absolute Gasteiger partial charge is 0.472 e. The summed E-state index contributed by atoms with van der Waals surface area (Å²) in [6, 6.07) is 0. The Hall–Kier alpha value is -2.03. The van der Waals surface area contributed by atoms with Crippen LogP contribution in [0.3, 0.4) is 0 Å². The second-order valence-electron chi connectivity index (χ2n) is 10.4. The van der Waals surface area contributed by atoms with Gasteiger partial charge >= 0.3 is 13.8 Å². The van der Waals surface area contributed by atoms with Crippen LogP contribution in [0.4, 0.5) is 0 Å². The first-order chi connectivity index (χ1) is 20.8. The average molecular weight is 628 g/mol. The van der Waals surface area contributed by atoms with Gasteiger partial charge in [-0.1, -0.05) is 94.6 Å². The molecule has 0 aromatic heterocycles. The molecule has 1 amide bonds. The van der Waals surface area contributed by atoms with Gasteiger partial charge in [0.25, 0.3) is 0 Å². The summed E-state index contributed by atoms with van der Waals surface area (Å²) in [6.45, 7) is 3.24. The highest BCUT2D eigenvalue weighted by atomic mass is 31.2. The Kier molecular flexibility index (Phi) is 28.6. The minimum absolute atomic E-state index is 0.0624. The molecule has 0 aliphatic heterocycles. The van der Waals surface area contributed by atoms with E-state index in [0.29, 0.717) is 12.8 Å². The summed E-state index contributed by atoms with van der Waals surface area (Å²) >= 11 is 0. The second kappa shape index (κ2) is 30.0. The number of nitrogens with one attached hydrogen (secondary N) is 1. The first-order valence-electron chi connectivity index (χ1n) is 16.1. The predicted octanol–water partition coefficient (Wildman–Crippen LogP) is 7.65. The Bertz CT molecular complexity index is 856. The number of phosphoric acid groups is 1. The molecule has 9 nitrogen and oxygen atoms in total. The quantitative estimate of drug-likeness (QED) is 0.0334. The number of carbonyl (C=O) groups is 2. The Morgan fingerprint density at radius 1 is 0.721 bits per heavy atom. The molecule has 0 aromatic rings. The molecule has 0 aromatic carbocycles. The van der Waals surface area contributed by atoms with Crippen LogP contribution in [0.25, 0.3) is 0 Å². The van der Waals surface area contributed by atoms with Crippen LogP contribution < -0.4 is 5.32 Å². The highest BCUT2D eigenvalue weighted by molar-refractivity contribution is 7.47. The van der Waals surface area contributed by atoms with Gasteiger partial charge in [-0.3, -0.25) is 18.6 Å². The topological polar surface area (TPSA) is 131 Å². The standard InChI is InChI=1S/C33H58NO8P/c1-3-5-7-8-9-10-11-12-13-14-15-16-17-18-19-20-21-22-24-25-32(36)34-27-28-41-43(38,39)42-30-31(35)29-40-33(37)26-23-6-4-2/h9-10,12-13,15-16,18-19,31,35H,3-8,11,14,17,20-30H2,1-2H3,(H,34,36)(H,38,39)/b10-9-,13-12-,16-15-,19-18-. The van der Waals surface area contributed by atoms with Crippen molar-refractivity contribution >= 4 is 19.7 Å². The molecule has 2 unspecified atom stereocenters. The van der Waals surface area contributed by atoms with Gasteiger partial charge in [0.15, 0.2) is 0 Å². The van der Waals surface area contributed by atoms with E-state index in [2.05, 4.69) is 60.8 Å². The highest BCUT2D eigenvalue weighted by Crippen LogP contribution is 2.42. The molecule has 0 spiro atoms. The van der Waals surface area contributed by atoms with Crippen LogP contribution in [0.5, 0.6) is 0 Å². The van der Waals surface area contributed by atoms with Gasteiger partial charge in [0.1, 0.15) is 12.7 Å². The molecule has 0 aliphatic carbocycles. The van der Waals surface area contributed by atoms with E-state index in [-0.39, 0.29) is 32.1 Å². The van der Waals surface area contributed by atoms with E-state index in [9.17, 15) is 24.2 Å². The Balaban J connectivity index is 3.69. The van der Waals surface area contributed by atoms with Crippen molar-refractivity contribution in [2.24, 2.45) is 0 Å². The molecule has 0 fully saturated rings. The van der Waals surface area contributed by atoms with Gasteiger partial charge in [-0.15, -0.1) is 0 Å². The summed E-state index contributed by atoms with van der Waals surface area (Å²) < 4.78 is 26.3. The lowest BCUT2D eigenvalue weighted by atomic mass is 10.1. The van der Waals surface area contributed by atoms with Crippen LogP contribution in [0.2, 0.25) is 0 Å². The Labute approximate surface area is 260 Å². The minimum Gasteiger partial charge on any atom is -0.463 e. The number of phosphoric ester groups is 1. The fourth-order valence-corrected chi connectivity index (χ4v) is 4.53. The van der Waals surface area contributed by atoms with E-state index in [0.717, 1.165) is 57.8 Å². The first kappa shape index (κ1) is 41.0. The molecule has 0 bridgehead atoms. The SMILES string of the molecule is CCCCC/C=C\C/C=C\C/C=C\C/C=C\CCCCCC(=O)NCCOP(=O)(O)OCC(O)COC(=O)CCCCC. The van der Waals surface area contributed by atoms with Crippen molar-refractivity contribution in [2.45, 2.75) is 123 Å². The molecule has 0 heterocycles. The number of carbonyl (C=O) groups excluding carboxylic acids is 2. The third-order valence-corrected chi connectivity index (χ3v) is 7.25. The summed E-state index contributed by atoms with van der Waals surface area (Å²) in [7, 11) is -4.40. The van der Waals surface area contributed by atoms with Crippen molar-refractivity contribution in [3.63, 3.8) is 0 Å². The van der Waals surface area contributed by atoms with Crippen LogP contribution in [-0.2, 0) is 27.9 Å². The van der Waals surface area contributed by atoms with Gasteiger partial charge in [0.2, 0.25) is 5.91 Å². The van der Waals surface area contributed by atoms with E-state index < -0.39 is 26.5 Å². The molecule has 0 rings (SSSR count). The zero-order valence-corrected chi connectivity index (χ0v) is 27.5. The highest BCUT2D eigenvalue weighted by Gasteiger charge is 2.23. The van der Waals surface area contributed by atoms with Crippen LogP contribution in [-0.4, -0.2) is 54.3 Å². The number of hydrogen-bond donors (Lipinski definition) is 3. The molecular weight excluding hydrogens is 569 g/mol. The Morgan fingerprint density at radius 3 is 1.86 bits per heavy atom. The average Bonchev–Trinajstić information content (AvgIpc) is 2.98. The van der Waals surface area contributed by atoms with E-state index in [4.69, 9.17) is 13.8 Å². The second-order valence-corrected chi connectivity index (χ2v) is 11.9. The third kappa shape index (κ3) is 31.2. The number of allylic oxidation sites excluding steroid dienone is 8. The number of rotatable bonds is 29. The number of amides is 1. The third-order valence-electron chi connectivity index (χ3n) is 6.26. The van der Waals surface area contributed by atoms with Gasteiger partial charge < -0.3 is 20.1 Å². The monoisotopic (exact) mass is 627 g/mol. The van der Waals surface area contributed by atoms with E-state index in [1.54, 1.807) is 0 Å². The fraction of sp³-hybridized carbons (Fsp3) is 0.697. The lowest BCUT2D eigenvalue weighted by molar-refractivity contribution is -0.147. The van der Waals surface area contributed by atoms with Gasteiger partial charge in [-0.25, -0.2) is 4.57 Å². The molecule has 0 saturated heterocycles. The maximum Gasteiger partial charge on any atom is 0.472 e. The van der Waals surface area contributed by atoms with Crippen molar-refractivity contribution in [1.82, 2.24) is 5.32 Å². The number of hydrogen-bond acceptors (Lipinski definition) is 7. The molecule has 0 saturated carbocycles. The van der Waals surface area contributed by atoms with Crippen molar-refractivity contribution in [3.8, 4) is 0 Å². The molecule has 248 valence electrons. The van der Waals surface area contributed by atoms with Crippen molar-refractivity contribution in [1.29, 1.82) is 0 Å². The van der Waals surface area contributed by atoms with Gasteiger partial charge in [0.05, 0.1) is 13.2 Å². The number of esters is 1. The molecular formula is C33H58NO8P. The molecule has 43 heavy (non-hydrogen) atoms. The summed E-state index contributed by atoms with van der Waals surface area (Å²) in [4.78, 5) is 33.2. The van der Waals surface area contributed by atoms with Crippen molar-refractivity contribution in [2.75, 3.05) is 26.4 Å². The summed E-state index contributed by atoms with van der Waals surface area (Å²) in [5.41, 5.74) is 0. The normalized spacial score (nSPS) is 14.2. The zero-order chi connectivity index (χ0) is 31.9. The van der Waals surface area contributed by atoms with E-state index >= 15 is 0 Å². The van der Waals surface area contributed by atoms with Gasteiger partial charge in [0, 0.05) is 19.4 Å². The Morgan fingerprint density at radius 2 is 1.26 bits per heavy atom. The van der Waals surface area contributed by atoms with Crippen LogP contribution in [0.15, 0.2) is 48.6 Å². The van der Waals surface area contributed by atoms with E-state index in [1.807, 2.05) is 6.92 Å². The van der Waals surface area contributed by atoms with E-state index in [1.165, 1.54) is 25.7 Å². The lowest BCUT2D eigenvalue weighted by Gasteiger charge is -2.15. The summed E-state index contributed by atoms with van der Waals surface area (Å²) in [5.74, 6) is -0.579. The molecule has 0 aliphatic rings. The maximum absolute atomic E-state index is 11.9.